The second kappa shape index (κ2) is 9.96. The topological polar surface area (TPSA) is 91.6 Å². The molecule has 0 aliphatic heterocycles. The van der Waals surface area contributed by atoms with Gasteiger partial charge in [-0.25, -0.2) is 9.36 Å². The maximum atomic E-state index is 13.3. The van der Waals surface area contributed by atoms with E-state index in [-0.39, 0.29) is 18.0 Å². The lowest BCUT2D eigenvalue weighted by Crippen LogP contribution is -2.41. The van der Waals surface area contributed by atoms with E-state index in [0.717, 1.165) is 15.0 Å². The third-order valence-electron chi connectivity index (χ3n) is 5.44. The molecule has 0 unspecified atom stereocenters. The molecule has 2 aromatic heterocycles. The van der Waals surface area contributed by atoms with Crippen molar-refractivity contribution in [3.63, 3.8) is 0 Å². The van der Waals surface area contributed by atoms with Crippen molar-refractivity contribution in [2.75, 3.05) is 20.8 Å². The molecule has 0 radical (unpaired) electrons. The Kier molecular flexibility index (Phi) is 6.83. The van der Waals surface area contributed by atoms with Gasteiger partial charge in [-0.3, -0.25) is 14.2 Å². The molecule has 0 atom stereocenters. The third-order valence-corrected chi connectivity index (χ3v) is 6.51. The van der Waals surface area contributed by atoms with Crippen molar-refractivity contribution < 1.29 is 14.3 Å². The zero-order valence-corrected chi connectivity index (χ0v) is 20.0. The van der Waals surface area contributed by atoms with Crippen LogP contribution in [0.5, 0.6) is 11.5 Å². The minimum atomic E-state index is -0.541. The normalized spacial score (nSPS) is 10.9. The molecule has 4 aromatic rings. The summed E-state index contributed by atoms with van der Waals surface area (Å²) in [5.41, 5.74) is 0.510. The quantitative estimate of drug-likeness (QED) is 0.420. The lowest BCUT2D eigenvalue weighted by atomic mass is 10.1. The van der Waals surface area contributed by atoms with Gasteiger partial charge in [0.25, 0.3) is 5.56 Å². The van der Waals surface area contributed by atoms with Crippen molar-refractivity contribution in [3.8, 4) is 17.2 Å². The number of hydrogen-bond acceptors (Lipinski definition) is 6. The van der Waals surface area contributed by atoms with Crippen LogP contribution in [0.2, 0.25) is 0 Å². The maximum Gasteiger partial charge on any atom is 0.337 e. The number of amides is 1. The molecular weight excluding hydrogens is 454 g/mol. The van der Waals surface area contributed by atoms with Gasteiger partial charge >= 0.3 is 5.69 Å². The number of methoxy groups -OCH3 is 2. The van der Waals surface area contributed by atoms with E-state index in [1.807, 2.05) is 31.2 Å². The monoisotopic (exact) mass is 479 g/mol. The number of para-hydroxylation sites is 1. The molecule has 0 bridgehead atoms. The number of nitrogens with zero attached hydrogens (tertiary/aromatic N) is 2. The first kappa shape index (κ1) is 23.3. The number of carbonyl (C=O) groups is 1. The predicted octanol–water partition coefficient (Wildman–Crippen LogP) is 2.90. The van der Waals surface area contributed by atoms with Crippen LogP contribution >= 0.6 is 11.3 Å². The number of nitrogens with one attached hydrogen (secondary N) is 1. The molecule has 1 N–H and O–H groups in total. The van der Waals surface area contributed by atoms with Gasteiger partial charge in [0.05, 0.1) is 25.3 Å². The fourth-order valence-corrected chi connectivity index (χ4v) is 4.79. The highest BCUT2D eigenvalue weighted by molar-refractivity contribution is 7.18. The van der Waals surface area contributed by atoms with E-state index in [1.54, 1.807) is 44.6 Å². The van der Waals surface area contributed by atoms with E-state index in [2.05, 4.69) is 5.32 Å². The molecule has 176 valence electrons. The Hall–Kier alpha value is -3.85. The SMILES string of the molecule is COc1ccc(CCNC(=O)Cn2c(=O)n(-c3ccccc3)c(=O)c3cc(C)sc32)cc1OC. The van der Waals surface area contributed by atoms with Gasteiger partial charge in [-0.05, 0) is 49.2 Å². The fourth-order valence-electron chi connectivity index (χ4n) is 3.80. The lowest BCUT2D eigenvalue weighted by Gasteiger charge is -2.13. The predicted molar refractivity (Wildman–Crippen MR) is 133 cm³/mol. The van der Waals surface area contributed by atoms with Crippen LogP contribution in [0.25, 0.3) is 15.9 Å². The standard InChI is InChI=1S/C25H25N3O5S/c1-16-13-19-23(30)28(18-7-5-4-6-8-18)25(31)27(24(19)34-16)15-22(29)26-12-11-17-9-10-20(32-2)21(14-17)33-3/h4-10,13-14H,11-12,15H2,1-3H3,(H,26,29). The minimum Gasteiger partial charge on any atom is -0.493 e. The molecule has 0 aliphatic carbocycles. The summed E-state index contributed by atoms with van der Waals surface area (Å²) in [7, 11) is 3.15. The van der Waals surface area contributed by atoms with Gasteiger partial charge in [0.15, 0.2) is 11.5 Å². The highest BCUT2D eigenvalue weighted by Crippen LogP contribution is 2.27. The van der Waals surface area contributed by atoms with Crippen molar-refractivity contribution in [2.24, 2.45) is 0 Å². The number of benzene rings is 2. The Morgan fingerprint density at radius 3 is 2.44 bits per heavy atom. The number of aryl methyl sites for hydroxylation is 1. The smallest absolute Gasteiger partial charge is 0.337 e. The molecule has 0 saturated heterocycles. The highest BCUT2D eigenvalue weighted by atomic mass is 32.1. The average Bonchev–Trinajstić information content (AvgIpc) is 3.24. The lowest BCUT2D eigenvalue weighted by molar-refractivity contribution is -0.121. The van der Waals surface area contributed by atoms with Gasteiger partial charge in [-0.2, -0.15) is 0 Å². The van der Waals surface area contributed by atoms with E-state index in [0.29, 0.717) is 40.4 Å². The van der Waals surface area contributed by atoms with Crippen molar-refractivity contribution in [1.82, 2.24) is 14.5 Å². The average molecular weight is 480 g/mol. The van der Waals surface area contributed by atoms with Crippen LogP contribution in [0.1, 0.15) is 10.4 Å². The summed E-state index contributed by atoms with van der Waals surface area (Å²) in [5.74, 6) is 0.947. The Balaban J connectivity index is 1.57. The van der Waals surface area contributed by atoms with Crippen LogP contribution < -0.4 is 26.0 Å². The zero-order valence-electron chi connectivity index (χ0n) is 19.2. The molecule has 0 fully saturated rings. The van der Waals surface area contributed by atoms with E-state index in [4.69, 9.17) is 9.47 Å². The summed E-state index contributed by atoms with van der Waals surface area (Å²) in [5, 5.41) is 3.29. The van der Waals surface area contributed by atoms with Crippen molar-refractivity contribution in [2.45, 2.75) is 19.9 Å². The van der Waals surface area contributed by atoms with Crippen molar-refractivity contribution >= 4 is 27.5 Å². The van der Waals surface area contributed by atoms with E-state index >= 15 is 0 Å². The second-order valence-electron chi connectivity index (χ2n) is 7.71. The molecule has 0 aliphatic rings. The molecule has 4 rings (SSSR count). The molecule has 9 heteroatoms. The first-order chi connectivity index (χ1) is 16.4. The van der Waals surface area contributed by atoms with Crippen LogP contribution in [0.3, 0.4) is 0 Å². The van der Waals surface area contributed by atoms with Crippen molar-refractivity contribution in [3.05, 3.63) is 85.9 Å². The Bertz CT molecular complexity index is 1450. The molecule has 34 heavy (non-hydrogen) atoms. The van der Waals surface area contributed by atoms with Crippen LogP contribution in [-0.2, 0) is 17.8 Å². The number of rotatable bonds is 8. The maximum absolute atomic E-state index is 13.3. The van der Waals surface area contributed by atoms with Crippen LogP contribution in [0, 0.1) is 6.92 Å². The molecule has 2 heterocycles. The van der Waals surface area contributed by atoms with Crippen LogP contribution in [0.4, 0.5) is 0 Å². The number of aromatic nitrogens is 2. The number of hydrogen-bond donors (Lipinski definition) is 1. The number of carbonyl (C=O) groups excluding carboxylic acids is 1. The van der Waals surface area contributed by atoms with E-state index < -0.39 is 5.69 Å². The largest absolute Gasteiger partial charge is 0.493 e. The van der Waals surface area contributed by atoms with Gasteiger partial charge in [-0.15, -0.1) is 11.3 Å². The highest BCUT2D eigenvalue weighted by Gasteiger charge is 2.18. The van der Waals surface area contributed by atoms with Gasteiger partial charge in [0, 0.05) is 11.4 Å². The summed E-state index contributed by atoms with van der Waals surface area (Å²) in [6.45, 7) is 2.07. The minimum absolute atomic E-state index is 0.186. The van der Waals surface area contributed by atoms with E-state index in [1.165, 1.54) is 15.9 Å². The number of fused-ring (bicyclic) bond motifs is 1. The Morgan fingerprint density at radius 2 is 1.74 bits per heavy atom. The summed E-state index contributed by atoms with van der Waals surface area (Å²) in [6, 6.07) is 16.1. The van der Waals surface area contributed by atoms with E-state index in [9.17, 15) is 14.4 Å². The molecule has 0 spiro atoms. The van der Waals surface area contributed by atoms with Gasteiger partial charge < -0.3 is 14.8 Å². The van der Waals surface area contributed by atoms with Crippen LogP contribution in [-0.4, -0.2) is 35.8 Å². The van der Waals surface area contributed by atoms with Gasteiger partial charge in [0.1, 0.15) is 11.4 Å². The Labute approximate surface area is 200 Å². The molecule has 0 saturated carbocycles. The number of ether oxygens (including phenoxy) is 2. The molecule has 1 amide bonds. The molecule has 2 aromatic carbocycles. The summed E-state index contributed by atoms with van der Waals surface area (Å²) in [4.78, 5) is 40.5. The summed E-state index contributed by atoms with van der Waals surface area (Å²) < 4.78 is 13.1. The molecule has 8 nitrogen and oxygen atoms in total. The second-order valence-corrected chi connectivity index (χ2v) is 8.94. The van der Waals surface area contributed by atoms with Crippen molar-refractivity contribution in [1.29, 1.82) is 0 Å². The van der Waals surface area contributed by atoms with Gasteiger partial charge in [-0.1, -0.05) is 24.3 Å². The first-order valence-electron chi connectivity index (χ1n) is 10.7. The first-order valence-corrected chi connectivity index (χ1v) is 11.5. The Morgan fingerprint density at radius 1 is 1.00 bits per heavy atom. The third kappa shape index (κ3) is 4.60. The summed E-state index contributed by atoms with van der Waals surface area (Å²) in [6.07, 6.45) is 0.581. The molecular formula is C25H25N3O5S. The number of thiophene rings is 1. The summed E-state index contributed by atoms with van der Waals surface area (Å²) >= 11 is 1.33. The van der Waals surface area contributed by atoms with Crippen LogP contribution in [0.15, 0.2) is 64.2 Å². The zero-order chi connectivity index (χ0) is 24.2. The fraction of sp³-hybridized carbons (Fsp3) is 0.240. The van der Waals surface area contributed by atoms with Gasteiger partial charge in [0.2, 0.25) is 5.91 Å².